The number of hydrogen-bond donors (Lipinski definition) is 2. The van der Waals surface area contributed by atoms with Gasteiger partial charge in [0.15, 0.2) is 0 Å². The van der Waals surface area contributed by atoms with Gasteiger partial charge in [0.05, 0.1) is 0 Å². The van der Waals surface area contributed by atoms with Crippen LogP contribution in [-0.4, -0.2) is 16.0 Å². The molecule has 1 aliphatic rings. The first-order valence-electron chi connectivity index (χ1n) is 7.91. The van der Waals surface area contributed by atoms with Gasteiger partial charge in [-0.15, -0.1) is 0 Å². The highest BCUT2D eigenvalue weighted by molar-refractivity contribution is 6.28. The van der Waals surface area contributed by atoms with Crippen LogP contribution < -0.4 is 21.5 Å². The molecule has 1 aliphatic carbocycles. The summed E-state index contributed by atoms with van der Waals surface area (Å²) < 4.78 is 0. The fourth-order valence-electron chi connectivity index (χ4n) is 3.16. The molecule has 0 bridgehead atoms. The topological polar surface area (TPSA) is 84.0 Å². The quantitative estimate of drug-likeness (QED) is 0.646. The number of rotatable bonds is 5. The molecule has 2 N–H and O–H groups in total. The lowest BCUT2D eigenvalue weighted by molar-refractivity contribution is 0.328. The van der Waals surface area contributed by atoms with Crippen LogP contribution in [0.4, 0.5) is 17.2 Å². The monoisotopic (exact) mass is 334 g/mol. The van der Waals surface area contributed by atoms with Crippen LogP contribution in [0.3, 0.4) is 0 Å². The molecule has 6 nitrogen and oxygen atoms in total. The number of halogens is 1. The van der Waals surface area contributed by atoms with Gasteiger partial charge in [0.2, 0.25) is 5.28 Å². The first kappa shape index (κ1) is 15.9. The van der Waals surface area contributed by atoms with Gasteiger partial charge in [-0.25, -0.2) is 9.97 Å². The van der Waals surface area contributed by atoms with E-state index < -0.39 is 10.9 Å². The van der Waals surface area contributed by atoms with Crippen molar-refractivity contribution in [1.29, 1.82) is 0 Å². The fraction of sp³-hybridized carbons (Fsp3) is 0.500. The van der Waals surface area contributed by atoms with E-state index in [0.29, 0.717) is 17.4 Å². The lowest BCUT2D eigenvalue weighted by Crippen LogP contribution is -2.40. The van der Waals surface area contributed by atoms with E-state index in [1.165, 1.54) is 25.5 Å². The molecule has 7 heteroatoms. The van der Waals surface area contributed by atoms with Gasteiger partial charge in [-0.05, 0) is 43.4 Å². The summed E-state index contributed by atoms with van der Waals surface area (Å²) in [7, 11) is 0. The van der Waals surface area contributed by atoms with Crippen molar-refractivity contribution < 1.29 is 0 Å². The van der Waals surface area contributed by atoms with Crippen LogP contribution in [-0.2, 0) is 0 Å². The highest BCUT2D eigenvalue weighted by Gasteiger charge is 2.26. The van der Waals surface area contributed by atoms with E-state index in [-0.39, 0.29) is 17.0 Å². The number of hydrogen-bond acceptors (Lipinski definition) is 6. The van der Waals surface area contributed by atoms with Crippen molar-refractivity contribution in [2.45, 2.75) is 45.1 Å². The molecule has 0 radical (unpaired) electrons. The van der Waals surface area contributed by atoms with Crippen LogP contribution in [0.1, 0.15) is 39.0 Å². The summed E-state index contributed by atoms with van der Waals surface area (Å²) in [4.78, 5) is 31.5. The van der Waals surface area contributed by atoms with E-state index in [9.17, 15) is 9.59 Å². The van der Waals surface area contributed by atoms with E-state index in [0.717, 1.165) is 12.8 Å². The van der Waals surface area contributed by atoms with E-state index in [1.54, 1.807) is 6.07 Å². The fourth-order valence-corrected chi connectivity index (χ4v) is 3.31. The minimum atomic E-state index is -0.530. The Hall–Kier alpha value is -1.95. The van der Waals surface area contributed by atoms with Gasteiger partial charge in [0.1, 0.15) is 17.2 Å². The summed E-state index contributed by atoms with van der Waals surface area (Å²) in [6.45, 7) is 2.07. The second kappa shape index (κ2) is 6.66. The minimum Gasteiger partial charge on any atom is -0.377 e. The Labute approximate surface area is 139 Å². The van der Waals surface area contributed by atoms with Gasteiger partial charge >= 0.3 is 0 Å². The predicted molar refractivity (Wildman–Crippen MR) is 91.3 cm³/mol. The lowest BCUT2D eigenvalue weighted by atomic mass is 9.84. The predicted octanol–water partition coefficient (Wildman–Crippen LogP) is 2.85. The Bertz CT molecular complexity index is 764. The zero-order chi connectivity index (χ0) is 16.4. The SMILES string of the molecule is CC(Nc1c(Nc2ccnc(Cl)n2)c(=O)c1=O)C1CCCCC1. The molecule has 0 saturated heterocycles. The van der Waals surface area contributed by atoms with Crippen LogP contribution in [0.25, 0.3) is 0 Å². The third-order valence-electron chi connectivity index (χ3n) is 4.52. The van der Waals surface area contributed by atoms with Crippen LogP contribution in [0.2, 0.25) is 5.28 Å². The van der Waals surface area contributed by atoms with E-state index in [1.807, 2.05) is 0 Å². The summed E-state index contributed by atoms with van der Waals surface area (Å²) in [6, 6.07) is 1.75. The van der Waals surface area contributed by atoms with E-state index >= 15 is 0 Å². The number of nitrogens with one attached hydrogen (secondary N) is 2. The third-order valence-corrected chi connectivity index (χ3v) is 4.70. The normalized spacial score (nSPS) is 17.1. The molecule has 1 aromatic heterocycles. The molecule has 2 aromatic rings. The smallest absolute Gasteiger partial charge is 0.253 e. The van der Waals surface area contributed by atoms with Gasteiger partial charge in [-0.1, -0.05) is 19.3 Å². The molecule has 1 saturated carbocycles. The lowest BCUT2D eigenvalue weighted by Gasteiger charge is -2.29. The molecule has 1 unspecified atom stereocenters. The molecule has 23 heavy (non-hydrogen) atoms. The largest absolute Gasteiger partial charge is 0.377 e. The number of nitrogens with zero attached hydrogens (tertiary/aromatic N) is 2. The number of aromatic nitrogens is 2. The summed E-state index contributed by atoms with van der Waals surface area (Å²) in [5.41, 5.74) is -0.399. The Morgan fingerprint density at radius 3 is 2.57 bits per heavy atom. The molecule has 122 valence electrons. The maximum atomic E-state index is 11.9. The molecule has 1 fully saturated rings. The first-order chi connectivity index (χ1) is 11.1. The molecule has 3 rings (SSSR count). The minimum absolute atomic E-state index is 0.0822. The highest BCUT2D eigenvalue weighted by atomic mass is 35.5. The third kappa shape index (κ3) is 3.37. The summed E-state index contributed by atoms with van der Waals surface area (Å²) in [6.07, 6.45) is 7.55. The van der Waals surface area contributed by atoms with Crippen molar-refractivity contribution in [3.63, 3.8) is 0 Å². The maximum Gasteiger partial charge on any atom is 0.253 e. The van der Waals surface area contributed by atoms with Crippen molar-refractivity contribution >= 4 is 28.8 Å². The van der Waals surface area contributed by atoms with E-state index in [2.05, 4.69) is 27.5 Å². The summed E-state index contributed by atoms with van der Waals surface area (Å²) >= 11 is 5.73. The maximum absolute atomic E-state index is 11.9. The van der Waals surface area contributed by atoms with E-state index in [4.69, 9.17) is 11.6 Å². The van der Waals surface area contributed by atoms with Crippen molar-refractivity contribution in [3.8, 4) is 0 Å². The van der Waals surface area contributed by atoms with Gasteiger partial charge in [0, 0.05) is 12.2 Å². The Balaban J connectivity index is 1.74. The highest BCUT2D eigenvalue weighted by Crippen LogP contribution is 2.29. The van der Waals surface area contributed by atoms with Gasteiger partial charge in [-0.3, -0.25) is 9.59 Å². The standard InChI is InChI=1S/C16H19ClN4O2/c1-9(10-5-3-2-4-6-10)19-12-13(15(23)14(12)22)20-11-7-8-18-16(17)21-11/h7-10,19H,2-6H2,1H3,(H,18,20,21). The molecular weight excluding hydrogens is 316 g/mol. The second-order valence-corrected chi connectivity index (χ2v) is 6.41. The van der Waals surface area contributed by atoms with Crippen molar-refractivity contribution in [2.75, 3.05) is 10.6 Å². The first-order valence-corrected chi connectivity index (χ1v) is 8.29. The van der Waals surface area contributed by atoms with Crippen molar-refractivity contribution in [2.24, 2.45) is 5.92 Å². The molecule has 0 aliphatic heterocycles. The Morgan fingerprint density at radius 2 is 1.87 bits per heavy atom. The Kier molecular flexibility index (Phi) is 4.61. The zero-order valence-electron chi connectivity index (χ0n) is 12.9. The van der Waals surface area contributed by atoms with Crippen LogP contribution in [0, 0.1) is 5.92 Å². The van der Waals surface area contributed by atoms with Gasteiger partial charge in [-0.2, -0.15) is 0 Å². The molecule has 0 amide bonds. The summed E-state index contributed by atoms with van der Waals surface area (Å²) in [5, 5.41) is 6.17. The molecule has 1 aromatic carbocycles. The second-order valence-electron chi connectivity index (χ2n) is 6.08. The van der Waals surface area contributed by atoms with Crippen LogP contribution in [0.15, 0.2) is 21.9 Å². The Morgan fingerprint density at radius 1 is 1.17 bits per heavy atom. The molecule has 1 heterocycles. The molecular formula is C16H19ClN4O2. The zero-order valence-corrected chi connectivity index (χ0v) is 13.7. The van der Waals surface area contributed by atoms with Crippen LogP contribution in [0.5, 0.6) is 0 Å². The van der Waals surface area contributed by atoms with Gasteiger partial charge in [0.25, 0.3) is 10.9 Å². The average Bonchev–Trinajstić information content (AvgIpc) is 2.58. The van der Waals surface area contributed by atoms with Crippen molar-refractivity contribution in [3.05, 3.63) is 38.0 Å². The summed E-state index contributed by atoms with van der Waals surface area (Å²) in [5.74, 6) is 0.931. The van der Waals surface area contributed by atoms with Crippen LogP contribution >= 0.6 is 11.6 Å². The molecule has 0 spiro atoms. The van der Waals surface area contributed by atoms with Crippen molar-refractivity contribution in [1.82, 2.24) is 9.97 Å². The van der Waals surface area contributed by atoms with Gasteiger partial charge < -0.3 is 10.6 Å². The molecule has 1 atom stereocenters. The number of anilines is 3. The average molecular weight is 335 g/mol.